The van der Waals surface area contributed by atoms with Crippen molar-refractivity contribution in [1.29, 1.82) is 0 Å². The van der Waals surface area contributed by atoms with Crippen LogP contribution in [0.25, 0.3) is 0 Å². The van der Waals surface area contributed by atoms with Crippen LogP contribution in [0.3, 0.4) is 0 Å². The molecule has 0 aromatic rings. The highest BCUT2D eigenvalue weighted by molar-refractivity contribution is 4.78. The zero-order valence-electron chi connectivity index (χ0n) is 11.6. The fourth-order valence-electron chi connectivity index (χ4n) is 3.12. The highest BCUT2D eigenvalue weighted by Crippen LogP contribution is 2.17. The predicted molar refractivity (Wildman–Crippen MR) is 73.3 cm³/mol. The van der Waals surface area contributed by atoms with E-state index < -0.39 is 0 Å². The van der Waals surface area contributed by atoms with Crippen LogP contribution in [0.15, 0.2) is 0 Å². The van der Waals surface area contributed by atoms with Crippen molar-refractivity contribution in [2.24, 2.45) is 11.8 Å². The van der Waals surface area contributed by atoms with Gasteiger partial charge in [0.15, 0.2) is 0 Å². The average molecular weight is 239 g/mol. The van der Waals surface area contributed by atoms with Gasteiger partial charge in [0.1, 0.15) is 0 Å². The molecule has 1 atom stereocenters. The summed E-state index contributed by atoms with van der Waals surface area (Å²) in [6.45, 7) is 11.2. The molecule has 2 rings (SSSR count). The van der Waals surface area contributed by atoms with Crippen LogP contribution in [0.1, 0.15) is 26.2 Å². The molecule has 0 amide bonds. The van der Waals surface area contributed by atoms with E-state index in [4.69, 9.17) is 0 Å². The molecule has 0 aromatic heterocycles. The lowest BCUT2D eigenvalue weighted by molar-refractivity contribution is 0.214. The van der Waals surface area contributed by atoms with Gasteiger partial charge in [0.25, 0.3) is 0 Å². The number of rotatable bonds is 5. The summed E-state index contributed by atoms with van der Waals surface area (Å²) in [5, 5.41) is 3.71. The lowest BCUT2D eigenvalue weighted by Crippen LogP contribution is -2.36. The number of hydrogen-bond donors (Lipinski definition) is 1. The van der Waals surface area contributed by atoms with E-state index in [-0.39, 0.29) is 0 Å². The molecule has 0 aromatic carbocycles. The molecule has 2 fully saturated rings. The van der Waals surface area contributed by atoms with Crippen LogP contribution in [0.5, 0.6) is 0 Å². The summed E-state index contributed by atoms with van der Waals surface area (Å²) in [7, 11) is 2.24. The Hall–Kier alpha value is -0.120. The maximum absolute atomic E-state index is 3.71. The number of hydrogen-bond acceptors (Lipinski definition) is 3. The molecule has 0 bridgehead atoms. The van der Waals surface area contributed by atoms with Crippen molar-refractivity contribution < 1.29 is 0 Å². The van der Waals surface area contributed by atoms with E-state index in [0.29, 0.717) is 0 Å². The van der Waals surface area contributed by atoms with Crippen molar-refractivity contribution in [1.82, 2.24) is 15.1 Å². The van der Waals surface area contributed by atoms with Crippen LogP contribution < -0.4 is 5.32 Å². The smallest absolute Gasteiger partial charge is 0.00222 e. The minimum Gasteiger partial charge on any atom is -0.316 e. The monoisotopic (exact) mass is 239 g/mol. The first-order valence-electron chi connectivity index (χ1n) is 7.39. The topological polar surface area (TPSA) is 18.5 Å². The van der Waals surface area contributed by atoms with Gasteiger partial charge in [-0.25, -0.2) is 0 Å². The summed E-state index contributed by atoms with van der Waals surface area (Å²) in [6.07, 6.45) is 4.17. The van der Waals surface area contributed by atoms with Crippen molar-refractivity contribution in [2.45, 2.75) is 26.2 Å². The Morgan fingerprint density at radius 1 is 1.00 bits per heavy atom. The summed E-state index contributed by atoms with van der Waals surface area (Å²) < 4.78 is 0. The van der Waals surface area contributed by atoms with Gasteiger partial charge < -0.3 is 15.1 Å². The predicted octanol–water partition coefficient (Wildman–Crippen LogP) is 1.26. The first kappa shape index (κ1) is 13.3. The van der Waals surface area contributed by atoms with Gasteiger partial charge in [-0.05, 0) is 77.4 Å². The lowest BCUT2D eigenvalue weighted by Gasteiger charge is -2.29. The number of piperidine rings is 1. The second-order valence-corrected chi connectivity index (χ2v) is 5.95. The molecule has 1 N–H and O–H groups in total. The van der Waals surface area contributed by atoms with E-state index in [1.165, 1.54) is 65.1 Å². The van der Waals surface area contributed by atoms with Crippen LogP contribution in [0, 0.1) is 11.8 Å². The molecule has 2 aliphatic rings. The molecule has 0 aliphatic carbocycles. The Labute approximate surface area is 107 Å². The normalized spacial score (nSPS) is 28.9. The van der Waals surface area contributed by atoms with Gasteiger partial charge in [0, 0.05) is 6.54 Å². The lowest BCUT2D eigenvalue weighted by atomic mass is 9.97. The standard InChI is InChI=1S/C14H29N3/c1-3-17-9-6-14(12-17)11-15-10-13-4-7-16(2)8-5-13/h13-15H,3-12H2,1-2H3. The van der Waals surface area contributed by atoms with Crippen molar-refractivity contribution in [2.75, 3.05) is 52.9 Å². The Morgan fingerprint density at radius 3 is 2.29 bits per heavy atom. The molecule has 2 heterocycles. The van der Waals surface area contributed by atoms with Gasteiger partial charge in [0.2, 0.25) is 0 Å². The fraction of sp³-hybridized carbons (Fsp3) is 1.00. The molecule has 0 spiro atoms. The van der Waals surface area contributed by atoms with Gasteiger partial charge in [0.05, 0.1) is 0 Å². The first-order valence-corrected chi connectivity index (χ1v) is 7.39. The summed E-state index contributed by atoms with van der Waals surface area (Å²) in [5.41, 5.74) is 0. The van der Waals surface area contributed by atoms with Gasteiger partial charge in [-0.3, -0.25) is 0 Å². The molecule has 2 saturated heterocycles. The zero-order valence-corrected chi connectivity index (χ0v) is 11.6. The number of nitrogens with zero attached hydrogens (tertiary/aromatic N) is 2. The van der Waals surface area contributed by atoms with Crippen molar-refractivity contribution in [3.63, 3.8) is 0 Å². The molecular formula is C14H29N3. The van der Waals surface area contributed by atoms with Crippen LogP contribution in [-0.4, -0.2) is 62.7 Å². The van der Waals surface area contributed by atoms with E-state index >= 15 is 0 Å². The third-order valence-electron chi connectivity index (χ3n) is 4.52. The van der Waals surface area contributed by atoms with E-state index in [0.717, 1.165) is 11.8 Å². The Morgan fingerprint density at radius 2 is 1.65 bits per heavy atom. The van der Waals surface area contributed by atoms with Gasteiger partial charge in [-0.1, -0.05) is 6.92 Å². The quantitative estimate of drug-likeness (QED) is 0.779. The molecular weight excluding hydrogens is 210 g/mol. The van der Waals surface area contributed by atoms with E-state index in [9.17, 15) is 0 Å². The molecule has 2 aliphatic heterocycles. The first-order chi connectivity index (χ1) is 8.28. The second kappa shape index (κ2) is 6.72. The minimum atomic E-state index is 0.904. The molecule has 100 valence electrons. The molecule has 0 saturated carbocycles. The van der Waals surface area contributed by atoms with Crippen molar-refractivity contribution in [3.05, 3.63) is 0 Å². The van der Waals surface area contributed by atoms with Gasteiger partial charge in [-0.15, -0.1) is 0 Å². The third kappa shape index (κ3) is 4.23. The Kier molecular flexibility index (Phi) is 5.26. The largest absolute Gasteiger partial charge is 0.316 e. The summed E-state index contributed by atoms with van der Waals surface area (Å²) >= 11 is 0. The van der Waals surface area contributed by atoms with E-state index in [1.807, 2.05) is 0 Å². The highest BCUT2D eigenvalue weighted by atomic mass is 15.1. The van der Waals surface area contributed by atoms with Crippen LogP contribution >= 0.6 is 0 Å². The van der Waals surface area contributed by atoms with Crippen LogP contribution in [0.2, 0.25) is 0 Å². The molecule has 0 radical (unpaired) electrons. The second-order valence-electron chi connectivity index (χ2n) is 5.95. The number of nitrogens with one attached hydrogen (secondary N) is 1. The highest BCUT2D eigenvalue weighted by Gasteiger charge is 2.21. The zero-order chi connectivity index (χ0) is 12.1. The molecule has 17 heavy (non-hydrogen) atoms. The minimum absolute atomic E-state index is 0.904. The van der Waals surface area contributed by atoms with Crippen molar-refractivity contribution in [3.8, 4) is 0 Å². The summed E-state index contributed by atoms with van der Waals surface area (Å²) in [5.74, 6) is 1.83. The summed E-state index contributed by atoms with van der Waals surface area (Å²) in [4.78, 5) is 5.02. The molecule has 3 heteroatoms. The Balaban J connectivity index is 1.54. The van der Waals surface area contributed by atoms with Crippen molar-refractivity contribution >= 4 is 0 Å². The average Bonchev–Trinajstić information content (AvgIpc) is 2.80. The SMILES string of the molecule is CCN1CCC(CNCC2CCN(C)CC2)C1. The van der Waals surface area contributed by atoms with Gasteiger partial charge in [-0.2, -0.15) is 0 Å². The Bertz CT molecular complexity index is 210. The maximum Gasteiger partial charge on any atom is 0.00222 e. The molecule has 3 nitrogen and oxygen atoms in total. The van der Waals surface area contributed by atoms with Crippen LogP contribution in [-0.2, 0) is 0 Å². The number of likely N-dealkylation sites (tertiary alicyclic amines) is 2. The third-order valence-corrected chi connectivity index (χ3v) is 4.52. The fourth-order valence-corrected chi connectivity index (χ4v) is 3.12. The summed E-state index contributed by atoms with van der Waals surface area (Å²) in [6, 6.07) is 0. The van der Waals surface area contributed by atoms with Crippen LogP contribution in [0.4, 0.5) is 0 Å². The van der Waals surface area contributed by atoms with Gasteiger partial charge >= 0.3 is 0 Å². The van der Waals surface area contributed by atoms with E-state index in [1.54, 1.807) is 0 Å². The maximum atomic E-state index is 3.71. The van der Waals surface area contributed by atoms with E-state index in [2.05, 4.69) is 29.1 Å². The molecule has 1 unspecified atom stereocenters.